The molecule has 1 amide bonds. The highest BCUT2D eigenvalue weighted by Gasteiger charge is 2.01. The van der Waals surface area contributed by atoms with Crippen LogP contribution >= 0.6 is 0 Å². The summed E-state index contributed by atoms with van der Waals surface area (Å²) in [6, 6.07) is 5.62. The maximum absolute atomic E-state index is 11.3. The van der Waals surface area contributed by atoms with Crippen LogP contribution in [0, 0.1) is 11.3 Å². The van der Waals surface area contributed by atoms with Crippen molar-refractivity contribution in [2.24, 2.45) is 0 Å². The summed E-state index contributed by atoms with van der Waals surface area (Å²) in [5.41, 5.74) is 0.992. The maximum atomic E-state index is 11.3. The highest BCUT2D eigenvalue weighted by atomic mass is 16.5. The quantitative estimate of drug-likeness (QED) is 0.673. The number of ether oxygens (including phenoxy) is 1. The molecule has 1 heterocycles. The van der Waals surface area contributed by atoms with E-state index < -0.39 is 0 Å². The Kier molecular flexibility index (Phi) is 6.22. The van der Waals surface area contributed by atoms with E-state index in [0.717, 1.165) is 5.56 Å². The van der Waals surface area contributed by atoms with Crippen molar-refractivity contribution in [2.45, 2.75) is 13.0 Å². The molecule has 1 rings (SSSR count). The predicted molar refractivity (Wildman–Crippen MR) is 65.7 cm³/mol. The second-order valence-corrected chi connectivity index (χ2v) is 3.57. The van der Waals surface area contributed by atoms with Crippen molar-refractivity contribution < 1.29 is 9.53 Å². The van der Waals surface area contributed by atoms with Crippen molar-refractivity contribution in [1.29, 1.82) is 5.26 Å². The molecule has 0 aliphatic carbocycles. The van der Waals surface area contributed by atoms with Gasteiger partial charge in [0.1, 0.15) is 0 Å². The van der Waals surface area contributed by atoms with E-state index in [2.05, 4.69) is 15.6 Å². The average molecular weight is 248 g/mol. The van der Waals surface area contributed by atoms with Gasteiger partial charge in [-0.15, -0.1) is 0 Å². The fourth-order valence-corrected chi connectivity index (χ4v) is 1.31. The molecule has 0 radical (unpaired) electrons. The van der Waals surface area contributed by atoms with Gasteiger partial charge in [0.15, 0.2) is 0 Å². The van der Waals surface area contributed by atoms with Gasteiger partial charge >= 0.3 is 0 Å². The highest BCUT2D eigenvalue weighted by molar-refractivity contribution is 5.77. The van der Waals surface area contributed by atoms with E-state index in [1.54, 1.807) is 19.4 Å². The van der Waals surface area contributed by atoms with Crippen molar-refractivity contribution in [3.8, 4) is 11.9 Å². The van der Waals surface area contributed by atoms with Gasteiger partial charge in [0.25, 0.3) is 0 Å². The highest BCUT2D eigenvalue weighted by Crippen LogP contribution is 2.07. The molecular weight excluding hydrogens is 232 g/mol. The Hall–Kier alpha value is -2.13. The van der Waals surface area contributed by atoms with Gasteiger partial charge in [-0.25, -0.2) is 4.98 Å². The van der Waals surface area contributed by atoms with Gasteiger partial charge in [-0.3, -0.25) is 4.79 Å². The maximum Gasteiger partial charge on any atom is 0.234 e. The van der Waals surface area contributed by atoms with Crippen molar-refractivity contribution in [3.05, 3.63) is 23.9 Å². The van der Waals surface area contributed by atoms with Gasteiger partial charge in [0, 0.05) is 25.4 Å². The van der Waals surface area contributed by atoms with Gasteiger partial charge in [-0.05, 0) is 11.6 Å². The predicted octanol–water partition coefficient (Wildman–Crippen LogP) is 0.210. The summed E-state index contributed by atoms with van der Waals surface area (Å²) in [5, 5.41) is 14.0. The van der Waals surface area contributed by atoms with Gasteiger partial charge in [0.05, 0.1) is 26.1 Å². The normalized spacial score (nSPS) is 9.56. The molecule has 1 aromatic heterocycles. The fourth-order valence-electron chi connectivity index (χ4n) is 1.31. The lowest BCUT2D eigenvalue weighted by Gasteiger charge is -2.06. The lowest BCUT2D eigenvalue weighted by atomic mass is 10.2. The van der Waals surface area contributed by atoms with Gasteiger partial charge in [0.2, 0.25) is 11.8 Å². The van der Waals surface area contributed by atoms with Crippen LogP contribution in [0.15, 0.2) is 18.3 Å². The Morgan fingerprint density at radius 1 is 1.61 bits per heavy atom. The van der Waals surface area contributed by atoms with Crippen LogP contribution < -0.4 is 15.4 Å². The zero-order valence-corrected chi connectivity index (χ0v) is 10.3. The number of carbonyl (C=O) groups excluding carboxylic acids is 1. The minimum atomic E-state index is -0.119. The Bertz CT molecular complexity index is 428. The first-order valence-electron chi connectivity index (χ1n) is 5.59. The van der Waals surface area contributed by atoms with Crippen molar-refractivity contribution in [3.63, 3.8) is 0 Å². The minimum absolute atomic E-state index is 0.119. The SMILES string of the molecule is COc1cc(CNCC(=O)NCCC#N)ccn1. The summed E-state index contributed by atoms with van der Waals surface area (Å²) in [4.78, 5) is 15.3. The molecule has 6 heteroatoms. The van der Waals surface area contributed by atoms with E-state index in [9.17, 15) is 4.79 Å². The van der Waals surface area contributed by atoms with E-state index >= 15 is 0 Å². The molecule has 18 heavy (non-hydrogen) atoms. The number of nitrogens with zero attached hydrogens (tertiary/aromatic N) is 2. The largest absolute Gasteiger partial charge is 0.481 e. The number of rotatable bonds is 7. The molecule has 2 N–H and O–H groups in total. The molecule has 0 atom stereocenters. The Morgan fingerprint density at radius 3 is 3.17 bits per heavy atom. The summed E-state index contributed by atoms with van der Waals surface area (Å²) in [5.74, 6) is 0.430. The third-order valence-electron chi connectivity index (χ3n) is 2.18. The van der Waals surface area contributed by atoms with Gasteiger partial charge < -0.3 is 15.4 Å². The summed E-state index contributed by atoms with van der Waals surface area (Å²) in [6.45, 7) is 1.17. The molecule has 96 valence electrons. The molecule has 0 fully saturated rings. The van der Waals surface area contributed by atoms with Crippen LogP contribution in [0.1, 0.15) is 12.0 Å². The molecule has 0 aromatic carbocycles. The number of aromatic nitrogens is 1. The Morgan fingerprint density at radius 2 is 2.44 bits per heavy atom. The monoisotopic (exact) mass is 248 g/mol. The smallest absolute Gasteiger partial charge is 0.234 e. The van der Waals surface area contributed by atoms with E-state index in [1.165, 1.54) is 0 Å². The van der Waals surface area contributed by atoms with Crippen LogP contribution in [0.3, 0.4) is 0 Å². The summed E-state index contributed by atoms with van der Waals surface area (Å²) >= 11 is 0. The number of nitrogens with one attached hydrogen (secondary N) is 2. The zero-order valence-electron chi connectivity index (χ0n) is 10.3. The third kappa shape index (κ3) is 5.27. The number of hydrogen-bond donors (Lipinski definition) is 2. The van der Waals surface area contributed by atoms with Crippen LogP contribution in [0.4, 0.5) is 0 Å². The van der Waals surface area contributed by atoms with Crippen LogP contribution in [-0.2, 0) is 11.3 Å². The average Bonchev–Trinajstić information content (AvgIpc) is 2.39. The van der Waals surface area contributed by atoms with Crippen molar-refractivity contribution in [2.75, 3.05) is 20.2 Å². The number of methoxy groups -OCH3 is 1. The first kappa shape index (κ1) is 13.9. The molecule has 0 aliphatic rings. The van der Waals surface area contributed by atoms with E-state index in [1.807, 2.05) is 12.1 Å². The van der Waals surface area contributed by atoms with E-state index in [-0.39, 0.29) is 12.5 Å². The third-order valence-corrected chi connectivity index (χ3v) is 2.18. The topological polar surface area (TPSA) is 87.0 Å². The van der Waals surface area contributed by atoms with Gasteiger partial charge in [-0.1, -0.05) is 0 Å². The summed E-state index contributed by atoms with van der Waals surface area (Å²) < 4.78 is 5.00. The fraction of sp³-hybridized carbons (Fsp3) is 0.417. The second-order valence-electron chi connectivity index (χ2n) is 3.57. The van der Waals surface area contributed by atoms with Crippen LogP contribution in [-0.4, -0.2) is 31.1 Å². The molecule has 0 aliphatic heterocycles. The lowest BCUT2D eigenvalue weighted by molar-refractivity contribution is -0.120. The molecule has 1 aromatic rings. The number of pyridine rings is 1. The number of carbonyl (C=O) groups is 1. The standard InChI is InChI=1S/C12H16N4O2/c1-18-12-7-10(3-6-16-12)8-14-9-11(17)15-5-2-4-13/h3,6-7,14H,2,5,8-9H2,1H3,(H,15,17). The molecule has 0 bridgehead atoms. The molecule has 0 spiro atoms. The first-order chi connectivity index (χ1) is 8.76. The van der Waals surface area contributed by atoms with Crippen molar-refractivity contribution >= 4 is 5.91 Å². The van der Waals surface area contributed by atoms with Crippen LogP contribution in [0.5, 0.6) is 5.88 Å². The molecule has 0 saturated carbocycles. The Balaban J connectivity index is 2.24. The summed E-state index contributed by atoms with van der Waals surface area (Å²) in [6.07, 6.45) is 1.98. The Labute approximate surface area is 106 Å². The number of nitriles is 1. The van der Waals surface area contributed by atoms with Crippen LogP contribution in [0.25, 0.3) is 0 Å². The summed E-state index contributed by atoms with van der Waals surface area (Å²) in [7, 11) is 1.56. The number of amides is 1. The zero-order chi connectivity index (χ0) is 13.2. The first-order valence-corrected chi connectivity index (χ1v) is 5.59. The lowest BCUT2D eigenvalue weighted by Crippen LogP contribution is -2.34. The van der Waals surface area contributed by atoms with E-state index in [4.69, 9.17) is 10.00 Å². The van der Waals surface area contributed by atoms with Gasteiger partial charge in [-0.2, -0.15) is 5.26 Å². The second kappa shape index (κ2) is 8.03. The minimum Gasteiger partial charge on any atom is -0.481 e. The molecule has 0 saturated heterocycles. The number of hydrogen-bond acceptors (Lipinski definition) is 5. The van der Waals surface area contributed by atoms with E-state index in [0.29, 0.717) is 25.4 Å². The van der Waals surface area contributed by atoms with Crippen molar-refractivity contribution in [1.82, 2.24) is 15.6 Å². The molecular formula is C12H16N4O2. The molecule has 0 unspecified atom stereocenters. The molecule has 6 nitrogen and oxygen atoms in total. The van der Waals surface area contributed by atoms with Crippen LogP contribution in [0.2, 0.25) is 0 Å².